The largest absolute Gasteiger partial charge is 0.307 e. The zero-order chi connectivity index (χ0) is 14.3. The van der Waals surface area contributed by atoms with E-state index in [1.807, 2.05) is 12.1 Å². The monoisotopic (exact) mass is 264 g/mol. The summed E-state index contributed by atoms with van der Waals surface area (Å²) in [5.41, 5.74) is 7.47. The molecule has 4 nitrogen and oxygen atoms in total. The second-order valence-corrected chi connectivity index (χ2v) is 5.75. The fourth-order valence-corrected chi connectivity index (χ4v) is 2.97. The van der Waals surface area contributed by atoms with Crippen LogP contribution in [0.15, 0.2) is 30.3 Å². The SMILES string of the molecule is CC1(C)Cc2cc(C#N)c(NN)nc2-c2ccccc21. The van der Waals surface area contributed by atoms with Crippen LogP contribution >= 0.6 is 0 Å². The van der Waals surface area contributed by atoms with Crippen molar-refractivity contribution >= 4 is 5.82 Å². The molecule has 0 unspecified atom stereocenters. The fourth-order valence-electron chi connectivity index (χ4n) is 2.97. The first-order valence-electron chi connectivity index (χ1n) is 6.57. The van der Waals surface area contributed by atoms with E-state index in [-0.39, 0.29) is 5.41 Å². The molecule has 4 heteroatoms. The Kier molecular flexibility index (Phi) is 2.73. The number of nitrogens with one attached hydrogen (secondary N) is 1. The van der Waals surface area contributed by atoms with Crippen LogP contribution in [-0.2, 0) is 11.8 Å². The summed E-state index contributed by atoms with van der Waals surface area (Å²) in [6.07, 6.45) is 0.867. The van der Waals surface area contributed by atoms with Crippen molar-refractivity contribution in [1.82, 2.24) is 4.98 Å². The van der Waals surface area contributed by atoms with Crippen LogP contribution in [0.4, 0.5) is 5.82 Å². The first-order chi connectivity index (χ1) is 9.56. The van der Waals surface area contributed by atoms with Gasteiger partial charge in [0.1, 0.15) is 6.07 Å². The number of nitrogens with two attached hydrogens (primary N) is 1. The maximum atomic E-state index is 9.19. The summed E-state index contributed by atoms with van der Waals surface area (Å²) in [7, 11) is 0. The number of hydrogen-bond donors (Lipinski definition) is 2. The number of rotatable bonds is 1. The van der Waals surface area contributed by atoms with E-state index < -0.39 is 0 Å². The van der Waals surface area contributed by atoms with Crippen molar-refractivity contribution in [3.05, 3.63) is 47.0 Å². The number of nitriles is 1. The van der Waals surface area contributed by atoms with Gasteiger partial charge in [-0.15, -0.1) is 0 Å². The van der Waals surface area contributed by atoms with Crippen molar-refractivity contribution in [2.45, 2.75) is 25.7 Å². The van der Waals surface area contributed by atoms with Gasteiger partial charge in [-0.1, -0.05) is 38.1 Å². The van der Waals surface area contributed by atoms with Crippen molar-refractivity contribution in [2.75, 3.05) is 5.43 Å². The molecule has 0 aliphatic heterocycles. The van der Waals surface area contributed by atoms with Crippen LogP contribution in [0.3, 0.4) is 0 Å². The second-order valence-electron chi connectivity index (χ2n) is 5.75. The third-order valence-corrected chi connectivity index (χ3v) is 3.90. The minimum absolute atomic E-state index is 0.0374. The lowest BCUT2D eigenvalue weighted by atomic mass is 9.71. The molecule has 0 fully saturated rings. The van der Waals surface area contributed by atoms with Crippen LogP contribution in [-0.4, -0.2) is 4.98 Å². The highest BCUT2D eigenvalue weighted by Gasteiger charge is 2.32. The van der Waals surface area contributed by atoms with Crippen LogP contribution in [0, 0.1) is 11.3 Å². The van der Waals surface area contributed by atoms with E-state index in [9.17, 15) is 5.26 Å². The Morgan fingerprint density at radius 3 is 2.80 bits per heavy atom. The number of benzene rings is 1. The predicted molar refractivity (Wildman–Crippen MR) is 78.9 cm³/mol. The van der Waals surface area contributed by atoms with Crippen molar-refractivity contribution in [2.24, 2.45) is 5.84 Å². The van der Waals surface area contributed by atoms with E-state index >= 15 is 0 Å². The van der Waals surface area contributed by atoms with E-state index in [0.29, 0.717) is 11.4 Å². The number of nitrogens with zero attached hydrogens (tertiary/aromatic N) is 2. The van der Waals surface area contributed by atoms with E-state index in [0.717, 1.165) is 23.2 Å². The summed E-state index contributed by atoms with van der Waals surface area (Å²) in [4.78, 5) is 4.55. The van der Waals surface area contributed by atoms with Gasteiger partial charge in [-0.25, -0.2) is 10.8 Å². The van der Waals surface area contributed by atoms with Crippen molar-refractivity contribution < 1.29 is 0 Å². The number of nitrogen functional groups attached to an aromatic ring is 1. The lowest BCUT2D eigenvalue weighted by molar-refractivity contribution is 0.515. The molecule has 100 valence electrons. The van der Waals surface area contributed by atoms with Gasteiger partial charge < -0.3 is 5.43 Å². The van der Waals surface area contributed by atoms with Gasteiger partial charge >= 0.3 is 0 Å². The molecular formula is C16H16N4. The van der Waals surface area contributed by atoms with Crippen LogP contribution in [0.5, 0.6) is 0 Å². The van der Waals surface area contributed by atoms with Gasteiger partial charge in [0.2, 0.25) is 0 Å². The molecule has 0 atom stereocenters. The van der Waals surface area contributed by atoms with Gasteiger partial charge in [0.25, 0.3) is 0 Å². The molecule has 1 aliphatic rings. The third kappa shape index (κ3) is 1.75. The molecule has 0 radical (unpaired) electrons. The molecule has 0 saturated carbocycles. The topological polar surface area (TPSA) is 74.7 Å². The van der Waals surface area contributed by atoms with Gasteiger partial charge in [0, 0.05) is 5.56 Å². The Balaban J connectivity index is 2.31. The summed E-state index contributed by atoms with van der Waals surface area (Å²) in [5.74, 6) is 5.90. The first-order valence-corrected chi connectivity index (χ1v) is 6.57. The fraction of sp³-hybridized carbons (Fsp3) is 0.250. The lowest BCUT2D eigenvalue weighted by Crippen LogP contribution is -2.26. The molecule has 0 saturated heterocycles. The molecule has 1 heterocycles. The van der Waals surface area contributed by atoms with Crippen molar-refractivity contribution in [3.63, 3.8) is 0 Å². The second kappa shape index (κ2) is 4.32. The molecular weight excluding hydrogens is 248 g/mol. The lowest BCUT2D eigenvalue weighted by Gasteiger charge is -2.33. The molecule has 2 aromatic rings. The van der Waals surface area contributed by atoms with Gasteiger partial charge in [0.05, 0.1) is 11.3 Å². The number of anilines is 1. The molecule has 1 aliphatic carbocycles. The average Bonchev–Trinajstić information content (AvgIpc) is 2.46. The van der Waals surface area contributed by atoms with Crippen LogP contribution in [0.1, 0.15) is 30.5 Å². The summed E-state index contributed by atoms with van der Waals surface area (Å²) < 4.78 is 0. The van der Waals surface area contributed by atoms with E-state index in [1.165, 1.54) is 5.56 Å². The van der Waals surface area contributed by atoms with Crippen LogP contribution in [0.2, 0.25) is 0 Å². The molecule has 1 aromatic carbocycles. The highest BCUT2D eigenvalue weighted by Crippen LogP contribution is 2.42. The third-order valence-electron chi connectivity index (χ3n) is 3.90. The van der Waals surface area contributed by atoms with Crippen LogP contribution < -0.4 is 11.3 Å². The highest BCUT2D eigenvalue weighted by atomic mass is 15.3. The van der Waals surface area contributed by atoms with Crippen molar-refractivity contribution in [3.8, 4) is 17.3 Å². The first kappa shape index (κ1) is 12.6. The Hall–Kier alpha value is -2.38. The maximum Gasteiger partial charge on any atom is 0.158 e. The summed E-state index contributed by atoms with van der Waals surface area (Å²) >= 11 is 0. The van der Waals surface area contributed by atoms with E-state index in [1.54, 1.807) is 0 Å². The zero-order valence-corrected chi connectivity index (χ0v) is 11.6. The smallest absolute Gasteiger partial charge is 0.158 e. The number of hydrazine groups is 1. The average molecular weight is 264 g/mol. The molecule has 20 heavy (non-hydrogen) atoms. The standard InChI is InChI=1S/C16H16N4/c1-16(2)8-10-7-11(9-17)15(20-18)19-14(10)12-5-3-4-6-13(12)16/h3-7H,8,18H2,1-2H3,(H,19,20). The molecule has 3 rings (SSSR count). The Morgan fingerprint density at radius 2 is 2.10 bits per heavy atom. The maximum absolute atomic E-state index is 9.19. The Labute approximate surface area is 118 Å². The quantitative estimate of drug-likeness (QED) is 0.613. The molecule has 3 N–H and O–H groups in total. The number of aromatic nitrogens is 1. The molecule has 0 spiro atoms. The molecule has 0 bridgehead atoms. The summed E-state index contributed by atoms with van der Waals surface area (Å²) in [5, 5.41) is 9.19. The van der Waals surface area contributed by atoms with E-state index in [4.69, 9.17) is 5.84 Å². The van der Waals surface area contributed by atoms with Gasteiger partial charge in [-0.05, 0) is 29.0 Å². The van der Waals surface area contributed by atoms with Crippen LogP contribution in [0.25, 0.3) is 11.3 Å². The minimum atomic E-state index is 0.0374. The Morgan fingerprint density at radius 1 is 1.35 bits per heavy atom. The summed E-state index contributed by atoms with van der Waals surface area (Å²) in [6.45, 7) is 4.44. The molecule has 0 amide bonds. The summed E-state index contributed by atoms with van der Waals surface area (Å²) in [6, 6.07) is 12.3. The number of pyridine rings is 1. The van der Waals surface area contributed by atoms with E-state index in [2.05, 4.69) is 48.5 Å². The van der Waals surface area contributed by atoms with Crippen molar-refractivity contribution in [1.29, 1.82) is 5.26 Å². The predicted octanol–water partition coefficient (Wildman–Crippen LogP) is 2.74. The van der Waals surface area contributed by atoms with Gasteiger partial charge in [0.15, 0.2) is 5.82 Å². The normalized spacial score (nSPS) is 14.9. The zero-order valence-electron chi connectivity index (χ0n) is 11.6. The molecule has 1 aromatic heterocycles. The Bertz CT molecular complexity index is 726. The minimum Gasteiger partial charge on any atom is -0.307 e. The highest BCUT2D eigenvalue weighted by molar-refractivity contribution is 5.74. The number of fused-ring (bicyclic) bond motifs is 3. The van der Waals surface area contributed by atoms with Gasteiger partial charge in [-0.2, -0.15) is 5.26 Å². The van der Waals surface area contributed by atoms with Gasteiger partial charge in [-0.3, -0.25) is 0 Å². The number of hydrogen-bond acceptors (Lipinski definition) is 4.